The zero-order valence-corrected chi connectivity index (χ0v) is 15.1. The van der Waals surface area contributed by atoms with Crippen LogP contribution in [0.3, 0.4) is 0 Å². The number of hydrogen-bond donors (Lipinski definition) is 5. The van der Waals surface area contributed by atoms with Crippen LogP contribution in [0.25, 0.3) is 0 Å². The molecule has 0 spiro atoms. The van der Waals surface area contributed by atoms with Gasteiger partial charge in [0, 0.05) is 0 Å². The molecule has 0 aromatic rings. The molecule has 0 heterocycles. The van der Waals surface area contributed by atoms with Crippen molar-refractivity contribution >= 4 is 23.8 Å². The van der Waals surface area contributed by atoms with Crippen LogP contribution in [0, 0.1) is 11.8 Å². The number of aliphatic carboxylic acids is 2. The van der Waals surface area contributed by atoms with E-state index in [1.807, 2.05) is 6.92 Å². The summed E-state index contributed by atoms with van der Waals surface area (Å²) in [6, 6.07) is -3.46. The number of carboxylic acid groups (broad SMARTS) is 2. The Morgan fingerprint density at radius 3 is 1.84 bits per heavy atom. The highest BCUT2D eigenvalue weighted by Crippen LogP contribution is 2.10. The van der Waals surface area contributed by atoms with Crippen molar-refractivity contribution in [2.45, 2.75) is 65.1 Å². The van der Waals surface area contributed by atoms with Crippen LogP contribution >= 0.6 is 0 Å². The molecule has 0 aromatic carbocycles. The molecule has 0 aliphatic rings. The lowest BCUT2D eigenvalue weighted by molar-refractivity contribution is -0.144. The number of nitrogens with two attached hydrogens (primary N) is 1. The number of carboxylic acids is 2. The highest BCUT2D eigenvalue weighted by Gasteiger charge is 2.32. The summed E-state index contributed by atoms with van der Waals surface area (Å²) < 4.78 is 0. The third-order valence-electron chi connectivity index (χ3n) is 4.35. The third-order valence-corrected chi connectivity index (χ3v) is 4.35. The Bertz CT molecular complexity index is 496. The van der Waals surface area contributed by atoms with Gasteiger partial charge >= 0.3 is 11.9 Å². The lowest BCUT2D eigenvalue weighted by Gasteiger charge is -2.25. The molecule has 6 N–H and O–H groups in total. The van der Waals surface area contributed by atoms with Crippen LogP contribution < -0.4 is 16.4 Å². The first kappa shape index (κ1) is 22.8. The van der Waals surface area contributed by atoms with E-state index in [1.165, 1.54) is 0 Å². The highest BCUT2D eigenvalue weighted by atomic mass is 16.4. The van der Waals surface area contributed by atoms with Crippen LogP contribution in [-0.4, -0.2) is 52.1 Å². The summed E-state index contributed by atoms with van der Waals surface area (Å²) in [6.07, 6.45) is 0.475. The molecule has 9 heteroatoms. The molecule has 9 nitrogen and oxygen atoms in total. The quantitative estimate of drug-likeness (QED) is 0.345. The molecule has 5 atom stereocenters. The average Bonchev–Trinajstić information content (AvgIpc) is 2.55. The first-order valence-corrected chi connectivity index (χ1v) is 8.35. The minimum absolute atomic E-state index is 0.152. The standard InChI is InChI=1S/C16H29N3O6/c1-5-8(3)12(17)15(23)18-10(7-11(20)21)14(22)19-13(16(24)25)9(4)6-2/h8-10,12-13H,5-7,17H2,1-4H3,(H,18,23)(H,19,22)(H,20,21)(H,24,25)/t8-,9-,10-,12-,13-/m0/s1. The van der Waals surface area contributed by atoms with Gasteiger partial charge in [0.1, 0.15) is 12.1 Å². The molecule has 144 valence electrons. The number of amides is 2. The van der Waals surface area contributed by atoms with Crippen LogP contribution in [0.15, 0.2) is 0 Å². The molecule has 0 saturated carbocycles. The van der Waals surface area contributed by atoms with Crippen molar-refractivity contribution in [2.24, 2.45) is 17.6 Å². The van der Waals surface area contributed by atoms with Crippen LogP contribution in [0.5, 0.6) is 0 Å². The molecule has 0 fully saturated rings. The van der Waals surface area contributed by atoms with E-state index < -0.39 is 48.3 Å². The van der Waals surface area contributed by atoms with Gasteiger partial charge in [-0.25, -0.2) is 4.79 Å². The average molecular weight is 359 g/mol. The van der Waals surface area contributed by atoms with E-state index >= 15 is 0 Å². The molecule has 0 rings (SSSR count). The Balaban J connectivity index is 5.18. The fourth-order valence-corrected chi connectivity index (χ4v) is 2.10. The summed E-state index contributed by atoms with van der Waals surface area (Å²) in [6.45, 7) is 7.04. The largest absolute Gasteiger partial charge is 0.481 e. The van der Waals surface area contributed by atoms with Crippen LogP contribution in [0.2, 0.25) is 0 Å². The Labute approximate surface area is 147 Å². The Hall–Kier alpha value is -2.16. The Morgan fingerprint density at radius 2 is 1.44 bits per heavy atom. The molecule has 0 saturated heterocycles. The first-order valence-electron chi connectivity index (χ1n) is 8.35. The van der Waals surface area contributed by atoms with Crippen molar-refractivity contribution in [3.05, 3.63) is 0 Å². The zero-order chi connectivity index (χ0) is 19.7. The third kappa shape index (κ3) is 7.51. The molecule has 0 aliphatic carbocycles. The summed E-state index contributed by atoms with van der Waals surface area (Å²) in [5.41, 5.74) is 5.78. The number of carbonyl (C=O) groups is 4. The maximum Gasteiger partial charge on any atom is 0.326 e. The predicted octanol–water partition coefficient (Wildman–Crippen LogP) is -0.0652. The lowest BCUT2D eigenvalue weighted by Crippen LogP contribution is -2.56. The number of hydrogen-bond acceptors (Lipinski definition) is 5. The van der Waals surface area contributed by atoms with Gasteiger partial charge in [-0.05, 0) is 11.8 Å². The Morgan fingerprint density at radius 1 is 0.920 bits per heavy atom. The second-order valence-electron chi connectivity index (χ2n) is 6.28. The maximum absolute atomic E-state index is 12.3. The normalized spacial score (nSPS) is 16.8. The van der Waals surface area contributed by atoms with Gasteiger partial charge in [0.15, 0.2) is 0 Å². The van der Waals surface area contributed by atoms with Crippen molar-refractivity contribution in [2.75, 3.05) is 0 Å². The first-order chi connectivity index (χ1) is 11.5. The molecular weight excluding hydrogens is 330 g/mol. The van der Waals surface area contributed by atoms with Crippen molar-refractivity contribution in [3.63, 3.8) is 0 Å². The van der Waals surface area contributed by atoms with Crippen LogP contribution in [0.4, 0.5) is 0 Å². The zero-order valence-electron chi connectivity index (χ0n) is 15.1. The van der Waals surface area contributed by atoms with E-state index in [0.717, 1.165) is 0 Å². The predicted molar refractivity (Wildman–Crippen MR) is 90.6 cm³/mol. The van der Waals surface area contributed by atoms with Gasteiger partial charge in [0.25, 0.3) is 0 Å². The monoisotopic (exact) mass is 359 g/mol. The molecule has 0 unspecified atom stereocenters. The number of nitrogens with one attached hydrogen (secondary N) is 2. The summed E-state index contributed by atoms with van der Waals surface area (Å²) >= 11 is 0. The number of rotatable bonds is 11. The van der Waals surface area contributed by atoms with Gasteiger partial charge in [-0.1, -0.05) is 40.5 Å². The minimum atomic E-state index is -1.40. The van der Waals surface area contributed by atoms with Crippen molar-refractivity contribution in [1.82, 2.24) is 10.6 Å². The van der Waals surface area contributed by atoms with Crippen molar-refractivity contribution in [3.8, 4) is 0 Å². The SMILES string of the molecule is CC[C@H](C)[C@H](N)C(=O)N[C@@H](CC(=O)O)C(=O)N[C@H](C(=O)O)[C@@H](C)CC. The van der Waals surface area contributed by atoms with E-state index in [1.54, 1.807) is 20.8 Å². The van der Waals surface area contributed by atoms with Crippen LogP contribution in [0.1, 0.15) is 47.0 Å². The second-order valence-corrected chi connectivity index (χ2v) is 6.28. The summed E-state index contributed by atoms with van der Waals surface area (Å²) in [4.78, 5) is 46.7. The van der Waals surface area contributed by atoms with Crippen LogP contribution in [-0.2, 0) is 19.2 Å². The van der Waals surface area contributed by atoms with Crippen molar-refractivity contribution < 1.29 is 29.4 Å². The van der Waals surface area contributed by atoms with E-state index in [4.69, 9.17) is 10.8 Å². The van der Waals surface area contributed by atoms with Gasteiger partial charge < -0.3 is 26.6 Å². The highest BCUT2D eigenvalue weighted by molar-refractivity contribution is 5.94. The van der Waals surface area contributed by atoms with E-state index in [9.17, 15) is 24.3 Å². The fraction of sp³-hybridized carbons (Fsp3) is 0.750. The molecular formula is C16H29N3O6. The van der Waals surface area contributed by atoms with E-state index in [2.05, 4.69) is 10.6 Å². The molecule has 2 amide bonds. The van der Waals surface area contributed by atoms with Gasteiger partial charge in [-0.2, -0.15) is 0 Å². The molecule has 25 heavy (non-hydrogen) atoms. The summed E-state index contributed by atoms with van der Waals surface area (Å²) in [5, 5.41) is 22.8. The van der Waals surface area contributed by atoms with Gasteiger partial charge in [0.05, 0.1) is 12.5 Å². The molecule has 0 aliphatic heterocycles. The second kappa shape index (κ2) is 10.7. The van der Waals surface area contributed by atoms with Crippen molar-refractivity contribution in [1.29, 1.82) is 0 Å². The van der Waals surface area contributed by atoms with E-state index in [-0.39, 0.29) is 11.8 Å². The topological polar surface area (TPSA) is 159 Å². The smallest absolute Gasteiger partial charge is 0.326 e. The minimum Gasteiger partial charge on any atom is -0.481 e. The lowest BCUT2D eigenvalue weighted by atomic mass is 9.98. The summed E-state index contributed by atoms with van der Waals surface area (Å²) in [5.74, 6) is -4.54. The van der Waals surface area contributed by atoms with Gasteiger partial charge in [-0.15, -0.1) is 0 Å². The summed E-state index contributed by atoms with van der Waals surface area (Å²) in [7, 11) is 0. The number of carbonyl (C=O) groups excluding carboxylic acids is 2. The molecule has 0 aromatic heterocycles. The maximum atomic E-state index is 12.3. The molecule has 0 bridgehead atoms. The van der Waals surface area contributed by atoms with Gasteiger partial charge in [0.2, 0.25) is 11.8 Å². The Kier molecular flexibility index (Phi) is 9.73. The van der Waals surface area contributed by atoms with Gasteiger partial charge in [-0.3, -0.25) is 14.4 Å². The fourth-order valence-electron chi connectivity index (χ4n) is 2.10. The van der Waals surface area contributed by atoms with E-state index in [0.29, 0.717) is 12.8 Å². The molecule has 0 radical (unpaired) electrons.